The first-order valence-corrected chi connectivity index (χ1v) is 12.0. The molecule has 0 unspecified atom stereocenters. The molecule has 30 heavy (non-hydrogen) atoms. The Kier molecular flexibility index (Phi) is 6.49. The molecule has 0 radical (unpaired) electrons. The number of fused-ring (bicyclic) bond motifs is 1. The number of carbonyl (C=O) groups excluding carboxylic acids is 1. The third-order valence-corrected chi connectivity index (χ3v) is 6.85. The summed E-state index contributed by atoms with van der Waals surface area (Å²) in [5.74, 6) is 0.957. The summed E-state index contributed by atoms with van der Waals surface area (Å²) in [6.07, 6.45) is 0.750. The average Bonchev–Trinajstić information content (AvgIpc) is 3.27. The van der Waals surface area contributed by atoms with Crippen LogP contribution in [0, 0.1) is 5.92 Å². The number of hydrogen-bond acceptors (Lipinski definition) is 5. The minimum atomic E-state index is -3.71. The molecule has 2 heterocycles. The fourth-order valence-electron chi connectivity index (χ4n) is 3.09. The van der Waals surface area contributed by atoms with Crippen LogP contribution in [0.4, 0.5) is 5.69 Å². The van der Waals surface area contributed by atoms with Crippen LogP contribution in [0.3, 0.4) is 0 Å². The van der Waals surface area contributed by atoms with E-state index >= 15 is 0 Å². The van der Waals surface area contributed by atoms with Crippen molar-refractivity contribution in [3.63, 3.8) is 0 Å². The lowest BCUT2D eigenvalue weighted by molar-refractivity contribution is 0.0952. The molecule has 8 nitrogen and oxygen atoms in total. The van der Waals surface area contributed by atoms with Gasteiger partial charge < -0.3 is 9.88 Å². The number of amides is 1. The van der Waals surface area contributed by atoms with Crippen LogP contribution in [0.25, 0.3) is 11.0 Å². The zero-order valence-corrected chi connectivity index (χ0v) is 19.4. The molecule has 0 saturated carbocycles. The first kappa shape index (κ1) is 22.3. The topological polar surface area (TPSA) is 96.3 Å². The molecule has 0 fully saturated rings. The molecule has 0 bridgehead atoms. The first-order chi connectivity index (χ1) is 14.1. The van der Waals surface area contributed by atoms with Crippen LogP contribution in [-0.2, 0) is 30.2 Å². The Labute approximate surface area is 181 Å². The molecule has 0 aliphatic rings. The Bertz CT molecular complexity index is 1150. The van der Waals surface area contributed by atoms with Gasteiger partial charge in [0.1, 0.15) is 5.82 Å². The largest absolute Gasteiger partial charge is 0.348 e. The monoisotopic (exact) mass is 449 g/mol. The first-order valence-electron chi connectivity index (χ1n) is 9.57. The number of aromatic nitrogens is 2. The van der Waals surface area contributed by atoms with Crippen LogP contribution in [0.5, 0.6) is 0 Å². The Morgan fingerprint density at radius 3 is 2.63 bits per heavy atom. The van der Waals surface area contributed by atoms with Gasteiger partial charge in [0.2, 0.25) is 0 Å². The van der Waals surface area contributed by atoms with Crippen molar-refractivity contribution < 1.29 is 13.2 Å². The third-order valence-electron chi connectivity index (χ3n) is 4.66. The predicted octanol–water partition coefficient (Wildman–Crippen LogP) is 2.98. The van der Waals surface area contributed by atoms with Crippen LogP contribution < -0.4 is 10.0 Å². The number of rotatable bonds is 8. The summed E-state index contributed by atoms with van der Waals surface area (Å²) in [6.45, 7) is 4.60. The lowest BCUT2D eigenvalue weighted by atomic mass is 10.1. The number of aryl methyl sites for hydroxylation is 1. The summed E-state index contributed by atoms with van der Waals surface area (Å²) in [5.41, 5.74) is 2.95. The summed E-state index contributed by atoms with van der Waals surface area (Å²) in [4.78, 5) is 17.7. The Morgan fingerprint density at radius 1 is 1.30 bits per heavy atom. The van der Waals surface area contributed by atoms with Crippen molar-refractivity contribution >= 4 is 44.2 Å². The quantitative estimate of drug-likeness (QED) is 0.553. The Hall–Kier alpha value is -2.43. The van der Waals surface area contributed by atoms with Crippen molar-refractivity contribution in [2.24, 2.45) is 13.0 Å². The predicted molar refractivity (Wildman–Crippen MR) is 121 cm³/mol. The fourth-order valence-corrected chi connectivity index (χ4v) is 4.36. The standard InChI is InChI=1S/C20H27N5O3S2/c1-13(2)8-18-22-17-10-15(23-30(27,28)24(3)4)9-16(19(17)25(18)5)20(26)21-11-14-6-7-29-12-14/h6-7,9-10,12-13,23H,8,11H2,1-5H3,(H,21,26). The van der Waals surface area contributed by atoms with Gasteiger partial charge in [-0.05, 0) is 40.4 Å². The molecule has 1 amide bonds. The normalized spacial score (nSPS) is 12.1. The van der Waals surface area contributed by atoms with E-state index in [1.807, 2.05) is 28.4 Å². The molecule has 0 saturated heterocycles. The number of hydrogen-bond donors (Lipinski definition) is 2. The van der Waals surface area contributed by atoms with E-state index in [0.29, 0.717) is 34.7 Å². The second-order valence-electron chi connectivity index (χ2n) is 7.78. The third kappa shape index (κ3) is 4.82. The van der Waals surface area contributed by atoms with E-state index in [-0.39, 0.29) is 5.91 Å². The van der Waals surface area contributed by atoms with Gasteiger partial charge >= 0.3 is 10.2 Å². The van der Waals surface area contributed by atoms with Gasteiger partial charge in [-0.1, -0.05) is 13.8 Å². The second-order valence-corrected chi connectivity index (χ2v) is 10.4. The molecule has 10 heteroatoms. The molecule has 3 aromatic rings. The number of nitrogens with zero attached hydrogens (tertiary/aromatic N) is 3. The SMILES string of the molecule is CC(C)Cc1nc2cc(NS(=O)(=O)N(C)C)cc(C(=O)NCc3ccsc3)c2n1C. The van der Waals surface area contributed by atoms with Crippen LogP contribution in [0.2, 0.25) is 0 Å². The van der Waals surface area contributed by atoms with E-state index in [0.717, 1.165) is 22.1 Å². The highest BCUT2D eigenvalue weighted by Crippen LogP contribution is 2.26. The maximum Gasteiger partial charge on any atom is 0.301 e. The second kappa shape index (κ2) is 8.75. The van der Waals surface area contributed by atoms with Gasteiger partial charge in [-0.3, -0.25) is 9.52 Å². The summed E-state index contributed by atoms with van der Waals surface area (Å²) < 4.78 is 30.1. The van der Waals surface area contributed by atoms with E-state index in [1.165, 1.54) is 14.1 Å². The lowest BCUT2D eigenvalue weighted by Crippen LogP contribution is -2.29. The number of carbonyl (C=O) groups is 1. The molecular weight excluding hydrogens is 422 g/mol. The molecule has 0 atom stereocenters. The van der Waals surface area contributed by atoms with Gasteiger partial charge in [0.05, 0.1) is 22.3 Å². The highest BCUT2D eigenvalue weighted by Gasteiger charge is 2.21. The van der Waals surface area contributed by atoms with E-state index in [1.54, 1.807) is 23.5 Å². The van der Waals surface area contributed by atoms with Crippen LogP contribution in [0.1, 0.15) is 35.6 Å². The fraction of sp³-hybridized carbons (Fsp3) is 0.400. The number of thiophene rings is 1. The van der Waals surface area contributed by atoms with Crippen LogP contribution in [-0.4, -0.2) is 42.3 Å². The highest BCUT2D eigenvalue weighted by atomic mass is 32.2. The van der Waals surface area contributed by atoms with E-state index in [9.17, 15) is 13.2 Å². The molecule has 2 aromatic heterocycles. The number of imidazole rings is 1. The smallest absolute Gasteiger partial charge is 0.301 e. The summed E-state index contributed by atoms with van der Waals surface area (Å²) >= 11 is 1.57. The number of anilines is 1. The van der Waals surface area contributed by atoms with E-state index in [4.69, 9.17) is 0 Å². The van der Waals surface area contributed by atoms with Gasteiger partial charge in [-0.2, -0.15) is 24.1 Å². The van der Waals surface area contributed by atoms with Crippen molar-refractivity contribution in [2.75, 3.05) is 18.8 Å². The molecule has 162 valence electrons. The molecule has 0 spiro atoms. The van der Waals surface area contributed by atoms with Gasteiger partial charge in [-0.15, -0.1) is 0 Å². The Morgan fingerprint density at radius 2 is 2.03 bits per heavy atom. The molecule has 1 aromatic carbocycles. The summed E-state index contributed by atoms with van der Waals surface area (Å²) in [5, 5.41) is 6.85. The van der Waals surface area contributed by atoms with Gasteiger partial charge in [0.15, 0.2) is 0 Å². The zero-order valence-electron chi connectivity index (χ0n) is 17.8. The van der Waals surface area contributed by atoms with E-state index < -0.39 is 10.2 Å². The average molecular weight is 450 g/mol. The molecule has 2 N–H and O–H groups in total. The van der Waals surface area contributed by atoms with E-state index in [2.05, 4.69) is 28.9 Å². The van der Waals surface area contributed by atoms with Crippen molar-refractivity contribution in [3.05, 3.63) is 45.9 Å². The summed E-state index contributed by atoms with van der Waals surface area (Å²) in [6, 6.07) is 5.18. The van der Waals surface area contributed by atoms with Crippen molar-refractivity contribution in [1.29, 1.82) is 0 Å². The van der Waals surface area contributed by atoms with Crippen molar-refractivity contribution in [1.82, 2.24) is 19.2 Å². The minimum Gasteiger partial charge on any atom is -0.348 e. The Balaban J connectivity index is 2.06. The molecular formula is C20H27N5O3S2. The van der Waals surface area contributed by atoms with Gasteiger partial charge in [-0.25, -0.2) is 4.98 Å². The van der Waals surface area contributed by atoms with Crippen LogP contribution in [0.15, 0.2) is 29.0 Å². The van der Waals surface area contributed by atoms with Gasteiger partial charge in [0, 0.05) is 34.1 Å². The molecule has 0 aliphatic carbocycles. The van der Waals surface area contributed by atoms with Crippen LogP contribution >= 0.6 is 11.3 Å². The maximum absolute atomic E-state index is 13.1. The highest BCUT2D eigenvalue weighted by molar-refractivity contribution is 7.90. The molecule has 0 aliphatic heterocycles. The van der Waals surface area contributed by atoms with Gasteiger partial charge in [0.25, 0.3) is 5.91 Å². The lowest BCUT2D eigenvalue weighted by Gasteiger charge is -2.15. The van der Waals surface area contributed by atoms with Crippen molar-refractivity contribution in [2.45, 2.75) is 26.8 Å². The maximum atomic E-state index is 13.1. The summed E-state index contributed by atoms with van der Waals surface area (Å²) in [7, 11) is 1.05. The molecule has 3 rings (SSSR count). The zero-order chi connectivity index (χ0) is 22.1. The number of nitrogens with one attached hydrogen (secondary N) is 2. The van der Waals surface area contributed by atoms with Crippen molar-refractivity contribution in [3.8, 4) is 0 Å². The number of benzene rings is 1. The minimum absolute atomic E-state index is 0.281.